The van der Waals surface area contributed by atoms with Gasteiger partial charge in [-0.25, -0.2) is 0 Å². The lowest BCUT2D eigenvalue weighted by Crippen LogP contribution is -2.00. The second-order valence-electron chi connectivity index (χ2n) is 4.56. The first-order chi connectivity index (χ1) is 8.97. The molecule has 4 heteroatoms. The molecule has 0 unspecified atom stereocenters. The van der Waals surface area contributed by atoms with Crippen LogP contribution in [0.4, 0.5) is 5.69 Å². The van der Waals surface area contributed by atoms with E-state index in [9.17, 15) is 5.11 Å². The van der Waals surface area contributed by atoms with Gasteiger partial charge in [0.2, 0.25) is 0 Å². The molecule has 0 aliphatic rings. The van der Waals surface area contributed by atoms with E-state index in [-0.39, 0.29) is 15.8 Å². The molecule has 0 aliphatic carbocycles. The highest BCUT2D eigenvalue weighted by Gasteiger charge is 2.06. The van der Waals surface area contributed by atoms with Crippen LogP contribution >= 0.6 is 23.2 Å². The number of rotatable bonds is 3. The summed E-state index contributed by atoms with van der Waals surface area (Å²) in [6.45, 7) is 4.76. The summed E-state index contributed by atoms with van der Waals surface area (Å²) in [5.41, 5.74) is 4.47. The smallest absolute Gasteiger partial charge is 0.152 e. The highest BCUT2D eigenvalue weighted by Crippen LogP contribution is 2.32. The maximum atomic E-state index is 9.50. The first-order valence-electron chi connectivity index (χ1n) is 5.95. The number of nitrogens with one attached hydrogen (secondary N) is 1. The Balaban J connectivity index is 2.12. The van der Waals surface area contributed by atoms with Crippen LogP contribution in [0.5, 0.6) is 5.75 Å². The van der Waals surface area contributed by atoms with Crippen LogP contribution in [0.2, 0.25) is 10.0 Å². The van der Waals surface area contributed by atoms with E-state index in [2.05, 4.69) is 31.3 Å². The monoisotopic (exact) mass is 295 g/mol. The highest BCUT2D eigenvalue weighted by atomic mass is 35.5. The molecule has 0 saturated carbocycles. The third kappa shape index (κ3) is 3.34. The zero-order chi connectivity index (χ0) is 14.0. The molecule has 0 saturated heterocycles. The van der Waals surface area contributed by atoms with E-state index in [1.54, 1.807) is 12.1 Å². The molecule has 0 spiro atoms. The molecule has 0 heterocycles. The number of halogens is 2. The average molecular weight is 296 g/mol. The van der Waals surface area contributed by atoms with E-state index in [4.69, 9.17) is 23.2 Å². The standard InChI is InChI=1S/C15H15Cl2NO/c1-9-3-4-12(5-10(9)2)18-8-11-6-13(16)15(19)14(17)7-11/h3-7,18-19H,8H2,1-2H3. The van der Waals surface area contributed by atoms with E-state index >= 15 is 0 Å². The number of aryl methyl sites for hydroxylation is 2. The van der Waals surface area contributed by atoms with E-state index in [1.165, 1.54) is 11.1 Å². The zero-order valence-corrected chi connectivity index (χ0v) is 12.3. The summed E-state index contributed by atoms with van der Waals surface area (Å²) in [4.78, 5) is 0. The fourth-order valence-corrected chi connectivity index (χ4v) is 2.31. The van der Waals surface area contributed by atoms with Crippen LogP contribution in [0.25, 0.3) is 0 Å². The van der Waals surface area contributed by atoms with Gasteiger partial charge in [0.15, 0.2) is 5.75 Å². The summed E-state index contributed by atoms with van der Waals surface area (Å²) in [5.74, 6) is -0.0711. The van der Waals surface area contributed by atoms with Crippen LogP contribution in [-0.2, 0) is 6.54 Å². The third-order valence-electron chi connectivity index (χ3n) is 3.08. The van der Waals surface area contributed by atoms with E-state index in [1.807, 2.05) is 6.07 Å². The summed E-state index contributed by atoms with van der Waals surface area (Å²) in [6, 6.07) is 9.62. The van der Waals surface area contributed by atoms with Gasteiger partial charge < -0.3 is 10.4 Å². The summed E-state index contributed by atoms with van der Waals surface area (Å²) in [6.07, 6.45) is 0. The van der Waals surface area contributed by atoms with Crippen LogP contribution in [0.1, 0.15) is 16.7 Å². The maximum Gasteiger partial charge on any atom is 0.152 e. The molecule has 19 heavy (non-hydrogen) atoms. The number of phenolic OH excluding ortho intramolecular Hbond substituents is 1. The van der Waals surface area contributed by atoms with Crippen molar-refractivity contribution in [2.45, 2.75) is 20.4 Å². The number of aromatic hydroxyl groups is 1. The van der Waals surface area contributed by atoms with Gasteiger partial charge in [-0.1, -0.05) is 29.3 Å². The second-order valence-corrected chi connectivity index (χ2v) is 5.38. The number of phenols is 1. The lowest BCUT2D eigenvalue weighted by atomic mass is 10.1. The van der Waals surface area contributed by atoms with Gasteiger partial charge in [-0.3, -0.25) is 0 Å². The van der Waals surface area contributed by atoms with Crippen molar-refractivity contribution in [2.24, 2.45) is 0 Å². The van der Waals surface area contributed by atoms with Crippen molar-refractivity contribution in [3.05, 3.63) is 57.1 Å². The van der Waals surface area contributed by atoms with Crippen molar-refractivity contribution in [3.63, 3.8) is 0 Å². The minimum Gasteiger partial charge on any atom is -0.505 e. The molecular formula is C15H15Cl2NO. The Morgan fingerprint density at radius 3 is 2.21 bits per heavy atom. The van der Waals surface area contributed by atoms with Gasteiger partial charge in [0.1, 0.15) is 0 Å². The van der Waals surface area contributed by atoms with Crippen LogP contribution in [-0.4, -0.2) is 5.11 Å². The summed E-state index contributed by atoms with van der Waals surface area (Å²) < 4.78 is 0. The van der Waals surface area contributed by atoms with E-state index < -0.39 is 0 Å². The van der Waals surface area contributed by atoms with Crippen LogP contribution in [0.15, 0.2) is 30.3 Å². The van der Waals surface area contributed by atoms with Crippen molar-refractivity contribution in [1.29, 1.82) is 0 Å². The largest absolute Gasteiger partial charge is 0.505 e. The van der Waals surface area contributed by atoms with Gasteiger partial charge in [-0.2, -0.15) is 0 Å². The predicted molar refractivity (Wildman–Crippen MR) is 81.4 cm³/mol. The SMILES string of the molecule is Cc1ccc(NCc2cc(Cl)c(O)c(Cl)c2)cc1C. The third-order valence-corrected chi connectivity index (χ3v) is 3.66. The Kier molecular flexibility index (Phi) is 4.23. The average Bonchev–Trinajstić information content (AvgIpc) is 2.37. The fourth-order valence-electron chi connectivity index (χ4n) is 1.78. The minimum atomic E-state index is -0.0711. The molecule has 2 rings (SSSR count). The Bertz CT molecular complexity index is 588. The second kappa shape index (κ2) is 5.72. The van der Waals surface area contributed by atoms with Crippen molar-refractivity contribution < 1.29 is 5.11 Å². The summed E-state index contributed by atoms with van der Waals surface area (Å²) in [5, 5.41) is 13.3. The van der Waals surface area contributed by atoms with Crippen molar-refractivity contribution in [3.8, 4) is 5.75 Å². The molecule has 0 bridgehead atoms. The van der Waals surface area contributed by atoms with Gasteiger partial charge in [-0.15, -0.1) is 0 Å². The predicted octanol–water partition coefficient (Wildman–Crippen LogP) is 4.93. The van der Waals surface area contributed by atoms with Crippen molar-refractivity contribution in [2.75, 3.05) is 5.32 Å². The number of hydrogen-bond donors (Lipinski definition) is 2. The molecule has 100 valence electrons. The first kappa shape index (κ1) is 14.0. The van der Waals surface area contributed by atoms with Gasteiger partial charge in [0.25, 0.3) is 0 Å². The highest BCUT2D eigenvalue weighted by molar-refractivity contribution is 6.37. The molecule has 2 aromatic rings. The molecule has 2 nitrogen and oxygen atoms in total. The molecule has 0 amide bonds. The quantitative estimate of drug-likeness (QED) is 0.842. The normalized spacial score (nSPS) is 10.5. The lowest BCUT2D eigenvalue weighted by Gasteiger charge is -2.10. The summed E-state index contributed by atoms with van der Waals surface area (Å²) in [7, 11) is 0. The Morgan fingerprint density at radius 2 is 1.63 bits per heavy atom. The van der Waals surface area contributed by atoms with Gasteiger partial charge in [-0.05, 0) is 54.8 Å². The molecular weight excluding hydrogens is 281 g/mol. The molecule has 0 aromatic heterocycles. The van der Waals surface area contributed by atoms with Crippen molar-refractivity contribution >= 4 is 28.9 Å². The number of hydrogen-bond acceptors (Lipinski definition) is 2. The van der Waals surface area contributed by atoms with Gasteiger partial charge >= 0.3 is 0 Å². The lowest BCUT2D eigenvalue weighted by molar-refractivity contribution is 0.475. The van der Waals surface area contributed by atoms with Gasteiger partial charge in [0.05, 0.1) is 10.0 Å². The molecule has 0 radical (unpaired) electrons. The van der Waals surface area contributed by atoms with Crippen LogP contribution < -0.4 is 5.32 Å². The molecule has 0 fully saturated rings. The molecule has 2 aromatic carbocycles. The number of anilines is 1. The van der Waals surface area contributed by atoms with Gasteiger partial charge in [0, 0.05) is 12.2 Å². The fraction of sp³-hybridized carbons (Fsp3) is 0.200. The van der Waals surface area contributed by atoms with E-state index in [0.717, 1.165) is 11.3 Å². The molecule has 0 aliphatic heterocycles. The zero-order valence-electron chi connectivity index (χ0n) is 10.8. The maximum absolute atomic E-state index is 9.50. The Labute approximate surface area is 123 Å². The van der Waals surface area contributed by atoms with Crippen LogP contribution in [0, 0.1) is 13.8 Å². The Morgan fingerprint density at radius 1 is 1.00 bits per heavy atom. The number of benzene rings is 2. The topological polar surface area (TPSA) is 32.3 Å². The summed E-state index contributed by atoms with van der Waals surface area (Å²) >= 11 is 11.8. The Hall–Kier alpha value is -1.38. The molecule has 0 atom stereocenters. The van der Waals surface area contributed by atoms with Crippen LogP contribution in [0.3, 0.4) is 0 Å². The first-order valence-corrected chi connectivity index (χ1v) is 6.71. The van der Waals surface area contributed by atoms with E-state index in [0.29, 0.717) is 6.54 Å². The minimum absolute atomic E-state index is 0.0711. The molecule has 2 N–H and O–H groups in total. The van der Waals surface area contributed by atoms with Crippen molar-refractivity contribution in [1.82, 2.24) is 0 Å².